The summed E-state index contributed by atoms with van der Waals surface area (Å²) in [6.45, 7) is 4.52. The molecule has 0 N–H and O–H groups in total. The molecule has 2 unspecified atom stereocenters. The average Bonchev–Trinajstić information content (AvgIpc) is 2.26. The largest absolute Gasteiger partial charge is 0.198 e. The Kier molecular flexibility index (Phi) is 3.75. The van der Waals surface area contributed by atoms with E-state index in [0.29, 0.717) is 23.7 Å². The Balaban J connectivity index is 2.66. The van der Waals surface area contributed by atoms with Gasteiger partial charge < -0.3 is 0 Å². The first kappa shape index (κ1) is 12.1. The van der Waals surface area contributed by atoms with Gasteiger partial charge in [0.25, 0.3) is 0 Å². The van der Waals surface area contributed by atoms with Crippen molar-refractivity contribution in [3.8, 4) is 12.1 Å². The summed E-state index contributed by atoms with van der Waals surface area (Å²) >= 11 is 0. The van der Waals surface area contributed by atoms with E-state index < -0.39 is 0 Å². The van der Waals surface area contributed by atoms with Crippen molar-refractivity contribution in [2.24, 2.45) is 10.8 Å². The maximum atomic E-state index is 8.69. The molecular formula is C13H20N2. The zero-order valence-corrected chi connectivity index (χ0v) is 9.84. The lowest BCUT2D eigenvalue weighted by atomic mass is 9.46. The van der Waals surface area contributed by atoms with Gasteiger partial charge in [0.2, 0.25) is 0 Å². The van der Waals surface area contributed by atoms with Crippen LogP contribution in [0.4, 0.5) is 0 Å². The minimum absolute atomic E-state index is 0.314. The smallest absolute Gasteiger partial charge is 0.0621 e. The molecule has 82 valence electrons. The van der Waals surface area contributed by atoms with Gasteiger partial charge in [-0.25, -0.2) is 0 Å². The van der Waals surface area contributed by atoms with Crippen molar-refractivity contribution >= 4 is 0 Å². The average molecular weight is 204 g/mol. The zero-order valence-electron chi connectivity index (χ0n) is 9.84. The molecule has 1 aliphatic carbocycles. The molecule has 2 heteroatoms. The van der Waals surface area contributed by atoms with Gasteiger partial charge in [0, 0.05) is 12.8 Å². The number of rotatable bonds is 5. The van der Waals surface area contributed by atoms with Gasteiger partial charge in [-0.2, -0.15) is 10.5 Å². The molecule has 0 spiro atoms. The van der Waals surface area contributed by atoms with Crippen molar-refractivity contribution in [1.29, 1.82) is 10.5 Å². The normalized spacial score (nSPS) is 33.9. The maximum absolute atomic E-state index is 8.69. The fourth-order valence-corrected chi connectivity index (χ4v) is 3.13. The molecule has 2 atom stereocenters. The van der Waals surface area contributed by atoms with Gasteiger partial charge in [-0.3, -0.25) is 0 Å². The van der Waals surface area contributed by atoms with E-state index in [-0.39, 0.29) is 0 Å². The molecule has 0 aromatic heterocycles. The SMILES string of the molecule is CCC1(CCC#N)CCC1(C)CCC#N. The third kappa shape index (κ3) is 2.00. The summed E-state index contributed by atoms with van der Waals surface area (Å²) in [6.07, 6.45) is 6.96. The summed E-state index contributed by atoms with van der Waals surface area (Å²) in [5.41, 5.74) is 0.661. The number of nitriles is 2. The lowest BCUT2D eigenvalue weighted by Crippen LogP contribution is -2.48. The molecule has 0 bridgehead atoms. The minimum Gasteiger partial charge on any atom is -0.198 e. The number of hydrogen-bond acceptors (Lipinski definition) is 2. The standard InChI is InChI=1S/C13H20N2/c1-3-13(7-5-11-15)9-8-12(13,2)6-4-10-14/h3-9H2,1-2H3. The zero-order chi connectivity index (χ0) is 11.4. The molecule has 1 rings (SSSR count). The van der Waals surface area contributed by atoms with Crippen LogP contribution in [0.25, 0.3) is 0 Å². The molecule has 0 saturated heterocycles. The Morgan fingerprint density at radius 3 is 2.07 bits per heavy atom. The van der Waals surface area contributed by atoms with Gasteiger partial charge in [-0.05, 0) is 42.9 Å². The van der Waals surface area contributed by atoms with Crippen molar-refractivity contribution in [1.82, 2.24) is 0 Å². The molecule has 1 saturated carbocycles. The first-order valence-electron chi connectivity index (χ1n) is 5.88. The Bertz CT molecular complexity index is 293. The summed E-state index contributed by atoms with van der Waals surface area (Å²) in [5.74, 6) is 0. The lowest BCUT2D eigenvalue weighted by Gasteiger charge is -2.58. The first-order chi connectivity index (χ1) is 7.14. The van der Waals surface area contributed by atoms with Crippen LogP contribution in [0, 0.1) is 33.5 Å². The number of hydrogen-bond donors (Lipinski definition) is 0. The summed E-state index contributed by atoms with van der Waals surface area (Å²) < 4.78 is 0. The summed E-state index contributed by atoms with van der Waals surface area (Å²) in [6, 6.07) is 4.50. The molecule has 0 radical (unpaired) electrons. The highest BCUT2D eigenvalue weighted by molar-refractivity contribution is 5.05. The van der Waals surface area contributed by atoms with Crippen LogP contribution in [0.5, 0.6) is 0 Å². The Morgan fingerprint density at radius 1 is 1.07 bits per heavy atom. The van der Waals surface area contributed by atoms with Gasteiger partial charge in [-0.15, -0.1) is 0 Å². The molecule has 0 aromatic rings. The van der Waals surface area contributed by atoms with E-state index >= 15 is 0 Å². The summed E-state index contributed by atoms with van der Waals surface area (Å²) in [7, 11) is 0. The van der Waals surface area contributed by atoms with Crippen molar-refractivity contribution in [2.75, 3.05) is 0 Å². The van der Waals surface area contributed by atoms with Crippen LogP contribution in [0.3, 0.4) is 0 Å². The van der Waals surface area contributed by atoms with E-state index in [9.17, 15) is 0 Å². The summed E-state index contributed by atoms with van der Waals surface area (Å²) in [5, 5.41) is 17.4. The molecule has 2 nitrogen and oxygen atoms in total. The molecule has 0 amide bonds. The van der Waals surface area contributed by atoms with Crippen LogP contribution in [-0.4, -0.2) is 0 Å². The third-order valence-electron chi connectivity index (χ3n) is 4.62. The van der Waals surface area contributed by atoms with E-state index in [1.807, 2.05) is 0 Å². The van der Waals surface area contributed by atoms with E-state index in [2.05, 4.69) is 26.0 Å². The third-order valence-corrected chi connectivity index (χ3v) is 4.62. The number of nitrogens with zero attached hydrogens (tertiary/aromatic N) is 2. The van der Waals surface area contributed by atoms with E-state index in [0.717, 1.165) is 19.3 Å². The molecular weight excluding hydrogens is 184 g/mol. The fraction of sp³-hybridized carbons (Fsp3) is 0.846. The highest BCUT2D eigenvalue weighted by Crippen LogP contribution is 2.63. The second kappa shape index (κ2) is 4.67. The highest BCUT2D eigenvalue weighted by Gasteiger charge is 2.53. The fourth-order valence-electron chi connectivity index (χ4n) is 3.13. The Labute approximate surface area is 92.9 Å². The van der Waals surface area contributed by atoms with Crippen LogP contribution in [-0.2, 0) is 0 Å². The van der Waals surface area contributed by atoms with Crippen molar-refractivity contribution in [2.45, 2.75) is 58.8 Å². The molecule has 15 heavy (non-hydrogen) atoms. The van der Waals surface area contributed by atoms with E-state index in [4.69, 9.17) is 10.5 Å². The summed E-state index contributed by atoms with van der Waals surface area (Å²) in [4.78, 5) is 0. The first-order valence-corrected chi connectivity index (χ1v) is 5.88. The van der Waals surface area contributed by atoms with Crippen LogP contribution >= 0.6 is 0 Å². The topological polar surface area (TPSA) is 47.6 Å². The van der Waals surface area contributed by atoms with Gasteiger partial charge >= 0.3 is 0 Å². The quantitative estimate of drug-likeness (QED) is 0.684. The Morgan fingerprint density at radius 2 is 1.67 bits per heavy atom. The monoisotopic (exact) mass is 204 g/mol. The lowest BCUT2D eigenvalue weighted by molar-refractivity contribution is -0.0813. The highest BCUT2D eigenvalue weighted by atomic mass is 14.6. The Hall–Kier alpha value is -1.02. The van der Waals surface area contributed by atoms with Crippen LogP contribution in [0.15, 0.2) is 0 Å². The molecule has 1 aliphatic rings. The molecule has 0 heterocycles. The van der Waals surface area contributed by atoms with Crippen LogP contribution in [0.1, 0.15) is 58.8 Å². The van der Waals surface area contributed by atoms with Gasteiger partial charge in [0.1, 0.15) is 0 Å². The minimum atomic E-state index is 0.314. The predicted octanol–water partition coefficient (Wildman–Crippen LogP) is 3.79. The van der Waals surface area contributed by atoms with Crippen molar-refractivity contribution < 1.29 is 0 Å². The van der Waals surface area contributed by atoms with Crippen LogP contribution < -0.4 is 0 Å². The predicted molar refractivity (Wildman–Crippen MR) is 59.8 cm³/mol. The van der Waals surface area contributed by atoms with E-state index in [1.165, 1.54) is 12.8 Å². The van der Waals surface area contributed by atoms with Crippen molar-refractivity contribution in [3.63, 3.8) is 0 Å². The maximum Gasteiger partial charge on any atom is 0.0621 e. The molecule has 1 fully saturated rings. The van der Waals surface area contributed by atoms with Gasteiger partial charge in [0.15, 0.2) is 0 Å². The van der Waals surface area contributed by atoms with Gasteiger partial charge in [0.05, 0.1) is 12.1 Å². The van der Waals surface area contributed by atoms with Crippen molar-refractivity contribution in [3.05, 3.63) is 0 Å². The molecule has 0 aromatic carbocycles. The van der Waals surface area contributed by atoms with Crippen LogP contribution in [0.2, 0.25) is 0 Å². The van der Waals surface area contributed by atoms with Gasteiger partial charge in [-0.1, -0.05) is 13.8 Å². The second-order valence-corrected chi connectivity index (χ2v) is 5.01. The molecule has 0 aliphatic heterocycles. The van der Waals surface area contributed by atoms with E-state index in [1.54, 1.807) is 0 Å². The second-order valence-electron chi connectivity index (χ2n) is 5.01.